The van der Waals surface area contributed by atoms with Crippen LogP contribution in [-0.4, -0.2) is 81.1 Å². The Morgan fingerprint density at radius 3 is 2.44 bits per heavy atom. The first kappa shape index (κ1) is 36.2. The number of aliphatic hydroxyl groups excluding tert-OH is 1. The van der Waals surface area contributed by atoms with Crippen molar-refractivity contribution in [2.75, 3.05) is 49.6 Å². The van der Waals surface area contributed by atoms with Crippen LogP contribution in [0.15, 0.2) is 95.9 Å². The summed E-state index contributed by atoms with van der Waals surface area (Å²) < 4.78 is 40.5. The van der Waals surface area contributed by atoms with E-state index in [9.17, 15) is 23.1 Å². The number of ether oxygens (including phenoxy) is 2. The minimum atomic E-state index is -3.97. The second kappa shape index (κ2) is 15.6. The largest absolute Gasteiger partial charge is 0.497 e. The van der Waals surface area contributed by atoms with Gasteiger partial charge >= 0.3 is 0 Å². The number of anilines is 3. The molecule has 0 aromatic heterocycles. The minimum absolute atomic E-state index is 0.0374. The van der Waals surface area contributed by atoms with E-state index in [-0.39, 0.29) is 46.6 Å². The van der Waals surface area contributed by atoms with Crippen LogP contribution < -0.4 is 25.2 Å². The van der Waals surface area contributed by atoms with Crippen LogP contribution in [0.25, 0.3) is 0 Å². The Hall–Kier alpha value is -5.11. The first-order valence-electron chi connectivity index (χ1n) is 16.2. The lowest BCUT2D eigenvalue weighted by atomic mass is 9.99. The molecule has 0 saturated carbocycles. The number of carbonyl (C=O) groups is 2. The van der Waals surface area contributed by atoms with Gasteiger partial charge in [0.25, 0.3) is 21.8 Å². The molecule has 2 amide bonds. The molecular formula is C37H43N5O7S. The Bertz CT molecular complexity index is 1920. The number of nitrogens with zero attached hydrogens (tertiary/aromatic N) is 2. The van der Waals surface area contributed by atoms with Gasteiger partial charge in [0.2, 0.25) is 0 Å². The molecule has 13 heteroatoms. The standard InChI is InChI=1S/C37H43N5O7S/c1-24-20-42(25(2)23-43)37(45)31-19-28(40-50(46,47)30-16-14-29(48-4)15-17-30)13-18-34(31)49-35(24)22-41(3)21-26-9-11-27(12-10-26)36(44)39-33-8-6-5-7-32(33)38/h5-19,24-25,35,40,43H,20-23,38H2,1-4H3,(H,39,44)/t24-,25-,35+/m0/s1. The predicted octanol–water partition coefficient (Wildman–Crippen LogP) is 4.68. The fourth-order valence-corrected chi connectivity index (χ4v) is 6.77. The summed E-state index contributed by atoms with van der Waals surface area (Å²) in [7, 11) is -0.509. The van der Waals surface area contributed by atoms with Crippen molar-refractivity contribution in [2.45, 2.75) is 37.4 Å². The summed E-state index contributed by atoms with van der Waals surface area (Å²) >= 11 is 0. The van der Waals surface area contributed by atoms with E-state index < -0.39 is 16.1 Å². The molecule has 1 aliphatic heterocycles. The van der Waals surface area contributed by atoms with Gasteiger partial charge in [0.05, 0.1) is 41.6 Å². The number of methoxy groups -OCH3 is 1. The molecular weight excluding hydrogens is 659 g/mol. The van der Waals surface area contributed by atoms with E-state index in [4.69, 9.17) is 15.2 Å². The van der Waals surface area contributed by atoms with Gasteiger partial charge in [-0.2, -0.15) is 0 Å². The SMILES string of the molecule is COc1ccc(S(=O)(=O)Nc2ccc3c(c2)C(=O)N([C@@H](C)CO)C[C@H](C)[C@@H](CN(C)Cc2ccc(C(=O)Nc4ccccc4N)cc2)O3)cc1. The topological polar surface area (TPSA) is 164 Å². The minimum Gasteiger partial charge on any atom is -0.497 e. The van der Waals surface area contributed by atoms with Gasteiger partial charge in [-0.1, -0.05) is 31.2 Å². The van der Waals surface area contributed by atoms with E-state index in [1.807, 2.05) is 26.1 Å². The highest BCUT2D eigenvalue weighted by atomic mass is 32.2. The Morgan fingerprint density at radius 1 is 1.08 bits per heavy atom. The molecule has 1 aliphatic rings. The lowest BCUT2D eigenvalue weighted by Gasteiger charge is -2.38. The molecule has 5 rings (SSSR count). The van der Waals surface area contributed by atoms with Crippen molar-refractivity contribution in [1.29, 1.82) is 0 Å². The average molecular weight is 702 g/mol. The van der Waals surface area contributed by atoms with Gasteiger partial charge in [-0.05, 0) is 86.3 Å². The molecule has 0 fully saturated rings. The number of nitrogen functional groups attached to an aromatic ring is 1. The summed E-state index contributed by atoms with van der Waals surface area (Å²) in [6, 6.07) is 24.5. The van der Waals surface area contributed by atoms with Crippen molar-refractivity contribution in [3.8, 4) is 11.5 Å². The number of amides is 2. The third-order valence-electron chi connectivity index (χ3n) is 8.66. The van der Waals surface area contributed by atoms with E-state index in [0.29, 0.717) is 48.1 Å². The zero-order chi connectivity index (χ0) is 36.0. The average Bonchev–Trinajstić information content (AvgIpc) is 3.10. The van der Waals surface area contributed by atoms with E-state index in [1.165, 1.54) is 25.3 Å². The van der Waals surface area contributed by atoms with Gasteiger partial charge in [0.1, 0.15) is 17.6 Å². The van der Waals surface area contributed by atoms with Crippen LogP contribution in [0.4, 0.5) is 17.1 Å². The molecule has 0 spiro atoms. The molecule has 5 N–H and O–H groups in total. The third-order valence-corrected chi connectivity index (χ3v) is 10.1. The van der Waals surface area contributed by atoms with Crippen molar-refractivity contribution in [1.82, 2.24) is 9.80 Å². The summed E-state index contributed by atoms with van der Waals surface area (Å²) in [6.07, 6.45) is -0.358. The zero-order valence-electron chi connectivity index (χ0n) is 28.5. The van der Waals surface area contributed by atoms with E-state index in [0.717, 1.165) is 5.56 Å². The fraction of sp³-hybridized carbons (Fsp3) is 0.297. The molecule has 12 nitrogen and oxygen atoms in total. The maximum atomic E-state index is 13.9. The Balaban J connectivity index is 1.32. The van der Waals surface area contributed by atoms with Gasteiger partial charge in [0, 0.05) is 36.8 Å². The van der Waals surface area contributed by atoms with Crippen LogP contribution in [0.5, 0.6) is 11.5 Å². The Labute approximate surface area is 292 Å². The predicted molar refractivity (Wildman–Crippen MR) is 193 cm³/mol. The number of likely N-dealkylation sites (N-methyl/N-ethyl adjacent to an activating group) is 1. The quantitative estimate of drug-likeness (QED) is 0.154. The van der Waals surface area contributed by atoms with Gasteiger partial charge in [0.15, 0.2) is 0 Å². The molecule has 0 aliphatic carbocycles. The summed E-state index contributed by atoms with van der Waals surface area (Å²) in [5.74, 6) is 0.0918. The summed E-state index contributed by atoms with van der Waals surface area (Å²) in [4.78, 5) is 30.4. The number of nitrogens with two attached hydrogens (primary N) is 1. The number of sulfonamides is 1. The van der Waals surface area contributed by atoms with E-state index in [2.05, 4.69) is 14.9 Å². The van der Waals surface area contributed by atoms with E-state index in [1.54, 1.807) is 72.5 Å². The highest BCUT2D eigenvalue weighted by molar-refractivity contribution is 7.92. The molecule has 4 aromatic carbocycles. The number of benzene rings is 4. The fourth-order valence-electron chi connectivity index (χ4n) is 5.72. The molecule has 3 atom stereocenters. The Kier molecular flexibility index (Phi) is 11.3. The summed E-state index contributed by atoms with van der Waals surface area (Å²) in [5, 5.41) is 12.9. The second-order valence-electron chi connectivity index (χ2n) is 12.5. The highest BCUT2D eigenvalue weighted by Gasteiger charge is 2.34. The molecule has 4 aromatic rings. The van der Waals surface area contributed by atoms with Gasteiger partial charge in [-0.25, -0.2) is 8.42 Å². The van der Waals surface area contributed by atoms with Crippen LogP contribution in [0.2, 0.25) is 0 Å². The van der Waals surface area contributed by atoms with Crippen LogP contribution in [0, 0.1) is 5.92 Å². The van der Waals surface area contributed by atoms with Crippen LogP contribution in [0.1, 0.15) is 40.1 Å². The number of fused-ring (bicyclic) bond motifs is 1. The van der Waals surface area contributed by atoms with Crippen LogP contribution in [-0.2, 0) is 16.6 Å². The monoisotopic (exact) mass is 701 g/mol. The summed E-state index contributed by atoms with van der Waals surface area (Å²) in [6.45, 7) is 4.90. The van der Waals surface area contributed by atoms with Gasteiger partial charge in [-0.3, -0.25) is 19.2 Å². The lowest BCUT2D eigenvalue weighted by Crippen LogP contribution is -2.49. The first-order valence-corrected chi connectivity index (χ1v) is 17.7. The second-order valence-corrected chi connectivity index (χ2v) is 14.2. The molecule has 1 heterocycles. The van der Waals surface area contributed by atoms with Gasteiger partial charge < -0.3 is 30.5 Å². The number of rotatable bonds is 12. The number of hydrogen-bond donors (Lipinski definition) is 4. The van der Waals surface area contributed by atoms with Crippen LogP contribution >= 0.6 is 0 Å². The Morgan fingerprint density at radius 2 is 1.78 bits per heavy atom. The van der Waals surface area contributed by atoms with Crippen molar-refractivity contribution < 1.29 is 32.6 Å². The number of aliphatic hydroxyl groups is 1. The normalized spacial score (nSPS) is 16.8. The number of nitrogens with one attached hydrogen (secondary N) is 2. The molecule has 0 saturated heterocycles. The first-order chi connectivity index (χ1) is 23.9. The molecule has 264 valence electrons. The molecule has 50 heavy (non-hydrogen) atoms. The zero-order valence-corrected chi connectivity index (χ0v) is 29.3. The molecule has 0 radical (unpaired) electrons. The number of carbonyl (C=O) groups excluding carboxylic acids is 2. The third kappa shape index (κ3) is 8.54. The van der Waals surface area contributed by atoms with E-state index >= 15 is 0 Å². The maximum Gasteiger partial charge on any atom is 0.261 e. The van der Waals surface area contributed by atoms with Crippen molar-refractivity contribution in [2.24, 2.45) is 5.92 Å². The van der Waals surface area contributed by atoms with Gasteiger partial charge in [-0.15, -0.1) is 0 Å². The van der Waals surface area contributed by atoms with Crippen molar-refractivity contribution in [3.05, 3.63) is 108 Å². The summed E-state index contributed by atoms with van der Waals surface area (Å²) in [5.41, 5.74) is 8.87. The van der Waals surface area contributed by atoms with Crippen molar-refractivity contribution >= 4 is 38.9 Å². The maximum absolute atomic E-state index is 13.9. The molecule has 0 unspecified atom stereocenters. The van der Waals surface area contributed by atoms with Crippen LogP contribution in [0.3, 0.4) is 0 Å². The number of hydrogen-bond acceptors (Lipinski definition) is 9. The smallest absolute Gasteiger partial charge is 0.261 e. The lowest BCUT2D eigenvalue weighted by molar-refractivity contribution is 0.0341. The highest BCUT2D eigenvalue weighted by Crippen LogP contribution is 2.32. The van der Waals surface area contributed by atoms with Crippen molar-refractivity contribution in [3.63, 3.8) is 0 Å². The number of para-hydroxylation sites is 2. The molecule has 0 bridgehead atoms.